The van der Waals surface area contributed by atoms with Crippen molar-refractivity contribution in [1.29, 1.82) is 0 Å². The standard InChI is InChI=1S/C21H26N4O2/c1-21(2,3)18-11-19-22-16-9-10-24(13-15(16)20(26)25(19)23-18)12-14-7-5-6-8-17(14)27-4/h5-8,11,23H,9-10,12-13H2,1-4H3. The third-order valence-corrected chi connectivity index (χ3v) is 5.23. The minimum absolute atomic E-state index is 0.00947. The van der Waals surface area contributed by atoms with Crippen molar-refractivity contribution in [2.75, 3.05) is 13.7 Å². The van der Waals surface area contributed by atoms with Crippen LogP contribution in [0.5, 0.6) is 5.75 Å². The molecule has 2 aromatic heterocycles. The number of aromatic amines is 1. The molecule has 1 N–H and O–H groups in total. The van der Waals surface area contributed by atoms with Gasteiger partial charge in [-0.3, -0.25) is 14.8 Å². The lowest BCUT2D eigenvalue weighted by molar-refractivity contribution is 0.238. The van der Waals surface area contributed by atoms with Gasteiger partial charge in [-0.1, -0.05) is 39.0 Å². The third-order valence-electron chi connectivity index (χ3n) is 5.23. The van der Waals surface area contributed by atoms with Crippen LogP contribution in [0.15, 0.2) is 35.1 Å². The first-order valence-corrected chi connectivity index (χ1v) is 9.35. The maximum absolute atomic E-state index is 13.1. The van der Waals surface area contributed by atoms with Gasteiger partial charge in [-0.25, -0.2) is 9.50 Å². The number of rotatable bonds is 3. The van der Waals surface area contributed by atoms with E-state index >= 15 is 0 Å². The van der Waals surface area contributed by atoms with Crippen molar-refractivity contribution in [2.24, 2.45) is 0 Å². The van der Waals surface area contributed by atoms with E-state index in [1.807, 2.05) is 24.3 Å². The molecule has 0 atom stereocenters. The Balaban J connectivity index is 1.67. The van der Waals surface area contributed by atoms with Crippen molar-refractivity contribution in [2.45, 2.75) is 45.7 Å². The number of benzene rings is 1. The van der Waals surface area contributed by atoms with Gasteiger partial charge in [0.1, 0.15) is 5.75 Å². The lowest BCUT2D eigenvalue weighted by atomic mass is 9.93. The first kappa shape index (κ1) is 17.8. The summed E-state index contributed by atoms with van der Waals surface area (Å²) in [5.41, 5.74) is 4.52. The van der Waals surface area contributed by atoms with Gasteiger partial charge >= 0.3 is 0 Å². The zero-order chi connectivity index (χ0) is 19.2. The average molecular weight is 366 g/mol. The second kappa shape index (κ2) is 6.53. The fourth-order valence-electron chi connectivity index (χ4n) is 3.63. The van der Waals surface area contributed by atoms with Crippen LogP contribution in [0, 0.1) is 0 Å². The quantitative estimate of drug-likeness (QED) is 0.774. The Labute approximate surface area is 158 Å². The van der Waals surface area contributed by atoms with Gasteiger partial charge in [-0.15, -0.1) is 0 Å². The smallest absolute Gasteiger partial charge is 0.277 e. The van der Waals surface area contributed by atoms with E-state index in [4.69, 9.17) is 9.72 Å². The predicted molar refractivity (Wildman–Crippen MR) is 105 cm³/mol. The molecule has 3 heterocycles. The predicted octanol–water partition coefficient (Wildman–Crippen LogP) is 2.89. The van der Waals surface area contributed by atoms with E-state index in [0.29, 0.717) is 12.2 Å². The normalized spacial score (nSPS) is 15.1. The topological polar surface area (TPSA) is 62.6 Å². The van der Waals surface area contributed by atoms with Gasteiger partial charge in [-0.05, 0) is 6.07 Å². The van der Waals surface area contributed by atoms with E-state index in [2.05, 4.69) is 36.8 Å². The number of fused-ring (bicyclic) bond motifs is 2. The molecule has 3 aromatic rings. The molecule has 6 nitrogen and oxygen atoms in total. The summed E-state index contributed by atoms with van der Waals surface area (Å²) in [6.45, 7) is 8.60. The Hall–Kier alpha value is -2.60. The van der Waals surface area contributed by atoms with Gasteiger partial charge in [0.25, 0.3) is 5.56 Å². The zero-order valence-electron chi connectivity index (χ0n) is 16.4. The van der Waals surface area contributed by atoms with Crippen LogP contribution in [-0.4, -0.2) is 33.2 Å². The number of hydrogen-bond acceptors (Lipinski definition) is 4. The lowest BCUT2D eigenvalue weighted by Crippen LogP contribution is -2.36. The molecule has 0 saturated heterocycles. The summed E-state index contributed by atoms with van der Waals surface area (Å²) in [5, 5.41) is 3.24. The zero-order valence-corrected chi connectivity index (χ0v) is 16.4. The van der Waals surface area contributed by atoms with Crippen LogP contribution in [0.1, 0.15) is 43.3 Å². The molecular formula is C21H26N4O2. The maximum atomic E-state index is 13.1. The van der Waals surface area contributed by atoms with Crippen LogP contribution in [-0.2, 0) is 24.9 Å². The molecule has 0 bridgehead atoms. The Morgan fingerprint density at radius 1 is 1.26 bits per heavy atom. The highest BCUT2D eigenvalue weighted by molar-refractivity contribution is 5.44. The molecule has 0 unspecified atom stereocenters. The van der Waals surface area contributed by atoms with E-state index in [0.717, 1.165) is 47.8 Å². The van der Waals surface area contributed by atoms with Crippen molar-refractivity contribution in [3.8, 4) is 5.75 Å². The minimum Gasteiger partial charge on any atom is -0.496 e. The van der Waals surface area contributed by atoms with Crippen molar-refractivity contribution in [3.05, 3.63) is 63.2 Å². The molecule has 0 fully saturated rings. The molecule has 0 spiro atoms. The fraction of sp³-hybridized carbons (Fsp3) is 0.429. The Kier molecular flexibility index (Phi) is 4.30. The van der Waals surface area contributed by atoms with Gasteiger partial charge in [-0.2, -0.15) is 0 Å². The first-order chi connectivity index (χ1) is 12.9. The van der Waals surface area contributed by atoms with E-state index in [9.17, 15) is 4.79 Å². The van der Waals surface area contributed by atoms with Crippen molar-refractivity contribution in [3.63, 3.8) is 0 Å². The number of ether oxygens (including phenoxy) is 1. The van der Waals surface area contributed by atoms with Gasteiger partial charge in [0.2, 0.25) is 0 Å². The molecule has 1 aromatic carbocycles. The summed E-state index contributed by atoms with van der Waals surface area (Å²) in [4.78, 5) is 20.1. The van der Waals surface area contributed by atoms with Crippen LogP contribution < -0.4 is 10.3 Å². The highest BCUT2D eigenvalue weighted by Crippen LogP contribution is 2.24. The summed E-state index contributed by atoms with van der Waals surface area (Å²) in [7, 11) is 1.69. The highest BCUT2D eigenvalue weighted by Gasteiger charge is 2.24. The summed E-state index contributed by atoms with van der Waals surface area (Å²) in [6.07, 6.45) is 0.784. The Morgan fingerprint density at radius 2 is 2.04 bits per heavy atom. The largest absolute Gasteiger partial charge is 0.496 e. The molecule has 27 heavy (non-hydrogen) atoms. The Morgan fingerprint density at radius 3 is 2.78 bits per heavy atom. The second-order valence-electron chi connectivity index (χ2n) is 8.23. The first-order valence-electron chi connectivity index (χ1n) is 9.35. The van der Waals surface area contributed by atoms with Crippen molar-refractivity contribution < 1.29 is 4.74 Å². The molecular weight excluding hydrogens is 340 g/mol. The average Bonchev–Trinajstić information content (AvgIpc) is 3.08. The van der Waals surface area contributed by atoms with Gasteiger partial charge in [0.15, 0.2) is 5.65 Å². The molecule has 0 aliphatic carbocycles. The maximum Gasteiger partial charge on any atom is 0.277 e. The molecule has 1 aliphatic rings. The van der Waals surface area contributed by atoms with Crippen LogP contribution >= 0.6 is 0 Å². The molecule has 0 saturated carbocycles. The van der Waals surface area contributed by atoms with Crippen molar-refractivity contribution >= 4 is 5.65 Å². The Bertz CT molecular complexity index is 1040. The molecule has 4 rings (SSSR count). The van der Waals surface area contributed by atoms with Crippen LogP contribution in [0.4, 0.5) is 0 Å². The lowest BCUT2D eigenvalue weighted by Gasteiger charge is -2.28. The fourth-order valence-corrected chi connectivity index (χ4v) is 3.63. The van der Waals surface area contributed by atoms with Gasteiger partial charge < -0.3 is 4.74 Å². The number of nitrogens with one attached hydrogen (secondary N) is 1. The van der Waals surface area contributed by atoms with E-state index < -0.39 is 0 Å². The van der Waals surface area contributed by atoms with Gasteiger partial charge in [0.05, 0.1) is 18.4 Å². The molecule has 6 heteroatoms. The van der Waals surface area contributed by atoms with Crippen LogP contribution in [0.3, 0.4) is 0 Å². The highest BCUT2D eigenvalue weighted by atomic mass is 16.5. The summed E-state index contributed by atoms with van der Waals surface area (Å²) >= 11 is 0. The van der Waals surface area contributed by atoms with E-state index in [1.54, 1.807) is 11.6 Å². The number of H-pyrrole nitrogens is 1. The minimum atomic E-state index is -0.0590. The van der Waals surface area contributed by atoms with E-state index in [-0.39, 0.29) is 11.0 Å². The number of methoxy groups -OCH3 is 1. The number of aromatic nitrogens is 3. The monoisotopic (exact) mass is 366 g/mol. The summed E-state index contributed by atoms with van der Waals surface area (Å²) < 4.78 is 7.05. The number of hydrogen-bond donors (Lipinski definition) is 1. The molecule has 0 amide bonds. The van der Waals surface area contributed by atoms with Crippen LogP contribution in [0.25, 0.3) is 5.65 Å². The summed E-state index contributed by atoms with van der Waals surface area (Å²) in [6, 6.07) is 10.0. The number of nitrogens with zero attached hydrogens (tertiary/aromatic N) is 3. The molecule has 1 aliphatic heterocycles. The molecule has 142 valence electrons. The molecule has 0 radical (unpaired) electrons. The van der Waals surface area contributed by atoms with E-state index in [1.165, 1.54) is 0 Å². The number of para-hydroxylation sites is 1. The third kappa shape index (κ3) is 3.25. The van der Waals surface area contributed by atoms with Crippen LogP contribution in [0.2, 0.25) is 0 Å². The second-order valence-corrected chi connectivity index (χ2v) is 8.23. The van der Waals surface area contributed by atoms with Gasteiger partial charge in [0, 0.05) is 48.8 Å². The van der Waals surface area contributed by atoms with Crippen molar-refractivity contribution in [1.82, 2.24) is 19.5 Å². The summed E-state index contributed by atoms with van der Waals surface area (Å²) in [5.74, 6) is 0.882. The SMILES string of the molecule is COc1ccccc1CN1CCc2nc3cc(C(C)(C)C)[nH]n3c(=O)c2C1.